The zero-order chi connectivity index (χ0) is 19.3. The second kappa shape index (κ2) is 31.7. The van der Waals surface area contributed by atoms with E-state index in [1.807, 2.05) is 0 Å². The summed E-state index contributed by atoms with van der Waals surface area (Å²) in [7, 11) is 0. The third kappa shape index (κ3) is 312. The van der Waals surface area contributed by atoms with E-state index in [1.165, 1.54) is 6.92 Å². The summed E-state index contributed by atoms with van der Waals surface area (Å²) in [4.78, 5) is 9.82. The van der Waals surface area contributed by atoms with E-state index in [4.69, 9.17) is 139 Å². The molecule has 0 aromatic carbocycles. The van der Waals surface area contributed by atoms with E-state index in [9.17, 15) is 4.79 Å². The number of ether oxygens (including phenoxy) is 1. The summed E-state index contributed by atoms with van der Waals surface area (Å²) >= 11 is 57.7. The molecule has 0 aliphatic rings. The maximum absolute atomic E-state index is 9.82. The largest absolute Gasteiger partial charge is 0.466 e. The second-order valence-electron chi connectivity index (χ2n) is 1.91. The number of halogens is 12. The molecule has 0 saturated carbocycles. The first-order chi connectivity index (χ1) is 9.70. The average molecular weight is 566 g/mol. The molecule has 0 N–H and O–H groups in total. The number of carbonyl (C=O) groups is 1. The van der Waals surface area contributed by atoms with Crippen molar-refractivity contribution in [3.63, 3.8) is 0 Å². The summed E-state index contributed by atoms with van der Waals surface area (Å²) in [6, 6.07) is 0. The maximum atomic E-state index is 9.82. The van der Waals surface area contributed by atoms with Gasteiger partial charge in [0.25, 0.3) is 0 Å². The minimum Gasteiger partial charge on any atom is -0.466 e. The lowest BCUT2D eigenvalue weighted by atomic mass is 10.8. The number of rotatable bonds is 1. The van der Waals surface area contributed by atoms with Gasteiger partial charge < -0.3 is 4.74 Å². The number of carbonyl (C=O) groups excluding carboxylic acids is 1. The first-order valence-electron chi connectivity index (χ1n) is 4.52. The van der Waals surface area contributed by atoms with Gasteiger partial charge in [-0.15, -0.1) is 0 Å². The molecule has 0 fully saturated rings. The second-order valence-corrected chi connectivity index (χ2v) is 9.83. The molecule has 0 spiro atoms. The van der Waals surface area contributed by atoms with Gasteiger partial charge in [0.15, 0.2) is 17.2 Å². The normalized spacial score (nSPS) is 8.64. The fraction of sp³-hybridized carbons (Fsp3) is 0.875. The van der Waals surface area contributed by atoms with E-state index >= 15 is 0 Å². The lowest BCUT2D eigenvalue weighted by Gasteiger charge is -1.89. The van der Waals surface area contributed by atoms with Gasteiger partial charge >= 0.3 is 5.97 Å². The van der Waals surface area contributed by atoms with Gasteiger partial charge in [-0.2, -0.15) is 0 Å². The van der Waals surface area contributed by atoms with Crippen LogP contribution in [0, 0.1) is 0 Å². The van der Waals surface area contributed by atoms with Crippen molar-refractivity contribution >= 4 is 145 Å². The molecule has 0 bridgehead atoms. The van der Waals surface area contributed by atoms with Crippen molar-refractivity contribution in [3.8, 4) is 0 Å². The molecule has 0 atom stereocenters. The molecule has 0 rings (SSSR count). The Labute approximate surface area is 190 Å². The van der Waals surface area contributed by atoms with E-state index < -0.39 is 17.2 Å². The zero-order valence-electron chi connectivity index (χ0n) is 10.9. The van der Waals surface area contributed by atoms with Crippen molar-refractivity contribution in [2.45, 2.75) is 31.0 Å². The summed E-state index contributed by atoms with van der Waals surface area (Å²) in [5.74, 6) is -0.211. The minimum absolute atomic E-state index is 0.211. The van der Waals surface area contributed by atoms with Gasteiger partial charge in [0.05, 0.1) is 6.61 Å². The van der Waals surface area contributed by atoms with Gasteiger partial charge in [-0.3, -0.25) is 4.79 Å². The summed E-state index contributed by atoms with van der Waals surface area (Å²) in [5.41, 5.74) is 0. The fourth-order valence-electron chi connectivity index (χ4n) is 0.203. The lowest BCUT2D eigenvalue weighted by Crippen LogP contribution is -1.95. The van der Waals surface area contributed by atoms with E-state index in [1.54, 1.807) is 6.92 Å². The summed E-state index contributed by atoms with van der Waals surface area (Å²) in [6.07, 6.45) is 0. The van der Waals surface area contributed by atoms with Gasteiger partial charge in [-0.25, -0.2) is 0 Å². The molecule has 0 aromatic heterocycles. The quantitative estimate of drug-likeness (QED) is 0.235. The molecule has 14 heteroatoms. The molecule has 0 heterocycles. The standard InChI is InChI=1S/C4H8O2.4CHCl3/c1-3-6-4(2)5;4*2-1(3)4/h3H2,1-2H3;4*1H. The van der Waals surface area contributed by atoms with E-state index in [0.29, 0.717) is 6.61 Å². The molecular formula is C8H12Cl12O2. The van der Waals surface area contributed by atoms with Crippen LogP contribution < -0.4 is 0 Å². The van der Waals surface area contributed by atoms with Gasteiger partial charge in [-0.1, -0.05) is 139 Å². The third-order valence-electron chi connectivity index (χ3n) is 0.348. The molecule has 140 valence electrons. The monoisotopic (exact) mass is 560 g/mol. The Bertz CT molecular complexity index is 155. The van der Waals surface area contributed by atoms with E-state index in [0.717, 1.165) is 0 Å². The molecule has 0 radical (unpaired) electrons. The van der Waals surface area contributed by atoms with E-state index in [2.05, 4.69) is 4.74 Å². The molecule has 0 saturated heterocycles. The van der Waals surface area contributed by atoms with Crippen LogP contribution >= 0.6 is 139 Å². The molecule has 0 amide bonds. The highest BCUT2D eigenvalue weighted by molar-refractivity contribution is 6.64. The average Bonchev–Trinajstić information content (AvgIpc) is 2.12. The van der Waals surface area contributed by atoms with Crippen molar-refractivity contribution in [2.75, 3.05) is 6.61 Å². The summed E-state index contributed by atoms with van der Waals surface area (Å²) in [5, 5.41) is 0. The van der Waals surface area contributed by atoms with Crippen LogP contribution in [0.5, 0.6) is 0 Å². The lowest BCUT2D eigenvalue weighted by molar-refractivity contribution is -0.140. The Hall–Kier alpha value is 2.95. The van der Waals surface area contributed by atoms with Gasteiger partial charge in [0, 0.05) is 6.92 Å². The van der Waals surface area contributed by atoms with Crippen LogP contribution in [0.1, 0.15) is 13.8 Å². The topological polar surface area (TPSA) is 26.3 Å². The summed E-state index contributed by atoms with van der Waals surface area (Å²) < 4.78 is 1.40. The van der Waals surface area contributed by atoms with Crippen LogP contribution in [0.4, 0.5) is 0 Å². The van der Waals surface area contributed by atoms with E-state index in [-0.39, 0.29) is 5.97 Å². The molecule has 0 aromatic rings. The maximum Gasteiger partial charge on any atom is 0.302 e. The van der Waals surface area contributed by atoms with Crippen LogP contribution in [-0.2, 0) is 9.53 Å². The number of alkyl halides is 12. The van der Waals surface area contributed by atoms with Gasteiger partial charge in [-0.05, 0) is 6.92 Å². The van der Waals surface area contributed by atoms with Crippen LogP contribution in [0.2, 0.25) is 0 Å². The Kier molecular flexibility index (Phi) is 51.8. The van der Waals surface area contributed by atoms with Crippen molar-refractivity contribution < 1.29 is 9.53 Å². The van der Waals surface area contributed by atoms with Gasteiger partial charge in [0.1, 0.15) is 0 Å². The highest BCUT2D eigenvalue weighted by atomic mass is 35.6. The smallest absolute Gasteiger partial charge is 0.302 e. The predicted molar refractivity (Wildman–Crippen MR) is 108 cm³/mol. The van der Waals surface area contributed by atoms with Crippen LogP contribution in [0.3, 0.4) is 0 Å². The molecule has 22 heavy (non-hydrogen) atoms. The molecule has 0 aliphatic carbocycles. The van der Waals surface area contributed by atoms with Crippen molar-refractivity contribution in [3.05, 3.63) is 0 Å². The number of hydrogen-bond acceptors (Lipinski definition) is 2. The molecule has 0 aliphatic heterocycles. The SMILES string of the molecule is CCOC(C)=O.ClC(Cl)Cl.ClC(Cl)Cl.ClC(Cl)Cl.ClC(Cl)Cl. The van der Waals surface area contributed by atoms with Crippen molar-refractivity contribution in [1.82, 2.24) is 0 Å². The molecule has 2 nitrogen and oxygen atoms in total. The Morgan fingerprint density at radius 3 is 0.818 bits per heavy atom. The van der Waals surface area contributed by atoms with Crippen LogP contribution in [0.15, 0.2) is 0 Å². The van der Waals surface area contributed by atoms with Crippen LogP contribution in [0.25, 0.3) is 0 Å². The fourth-order valence-corrected chi connectivity index (χ4v) is 0.203. The first-order valence-corrected chi connectivity index (χ1v) is 9.76. The Balaban J connectivity index is -0.0000000555. The Morgan fingerprint density at radius 1 is 0.682 bits per heavy atom. The summed E-state index contributed by atoms with van der Waals surface area (Å²) in [6.45, 7) is 3.65. The number of esters is 1. The highest BCUT2D eigenvalue weighted by Gasteiger charge is 1.82. The Morgan fingerprint density at radius 2 is 0.818 bits per heavy atom. The van der Waals surface area contributed by atoms with Crippen LogP contribution in [-0.4, -0.2) is 29.8 Å². The van der Waals surface area contributed by atoms with Gasteiger partial charge in [0.2, 0.25) is 0 Å². The highest BCUT2D eigenvalue weighted by Crippen LogP contribution is 2.04. The molecule has 0 unspecified atom stereocenters. The number of hydrogen-bond donors (Lipinski definition) is 0. The third-order valence-corrected chi connectivity index (χ3v) is 0.348. The van der Waals surface area contributed by atoms with Crippen molar-refractivity contribution in [2.24, 2.45) is 0 Å². The predicted octanol–water partition coefficient (Wildman–Crippen LogP) is 8.51. The molecular weight excluding hydrogens is 554 g/mol. The van der Waals surface area contributed by atoms with Crippen molar-refractivity contribution in [1.29, 1.82) is 0 Å². The zero-order valence-corrected chi connectivity index (χ0v) is 19.9. The minimum atomic E-state index is -0.750. The first kappa shape index (κ1) is 36.0.